The summed E-state index contributed by atoms with van der Waals surface area (Å²) in [6, 6.07) is 0. The lowest BCUT2D eigenvalue weighted by atomic mass is 10.3. The van der Waals surface area contributed by atoms with E-state index in [-0.39, 0.29) is 0 Å². The SMILES string of the molecule is O=C(F)Oc1c(F)c(F)c(F)c(F)c1F. The second kappa shape index (κ2) is 3.79. The molecule has 82 valence electrons. The molecule has 0 heterocycles. The van der Waals surface area contributed by atoms with Crippen LogP contribution in [-0.4, -0.2) is 6.22 Å². The van der Waals surface area contributed by atoms with E-state index in [1.165, 1.54) is 0 Å². The Hall–Kier alpha value is -1.73. The second-order valence-corrected chi connectivity index (χ2v) is 2.24. The highest BCUT2D eigenvalue weighted by atomic mass is 19.2. The summed E-state index contributed by atoms with van der Waals surface area (Å²) in [5.41, 5.74) is 0. The maximum Gasteiger partial charge on any atom is 0.501 e. The molecule has 1 rings (SSSR count). The van der Waals surface area contributed by atoms with Crippen molar-refractivity contribution in [3.8, 4) is 5.75 Å². The minimum atomic E-state index is -2.70. The minimum absolute atomic E-state index is 1.97. The largest absolute Gasteiger partial charge is 0.501 e. The summed E-state index contributed by atoms with van der Waals surface area (Å²) in [7, 11) is 0. The fourth-order valence-electron chi connectivity index (χ4n) is 0.755. The predicted octanol–water partition coefficient (Wildman–Crippen LogP) is 2.85. The number of halogens is 6. The summed E-state index contributed by atoms with van der Waals surface area (Å²) in [4.78, 5) is 9.66. The van der Waals surface area contributed by atoms with E-state index in [0.717, 1.165) is 0 Å². The Morgan fingerprint density at radius 1 is 0.800 bits per heavy atom. The van der Waals surface area contributed by atoms with Crippen LogP contribution in [0.25, 0.3) is 0 Å². The molecule has 1 aromatic rings. The van der Waals surface area contributed by atoms with Gasteiger partial charge in [0.15, 0.2) is 0 Å². The number of hydrogen-bond acceptors (Lipinski definition) is 2. The summed E-state index contributed by atoms with van der Waals surface area (Å²) >= 11 is 0. The van der Waals surface area contributed by atoms with E-state index >= 15 is 0 Å². The van der Waals surface area contributed by atoms with Gasteiger partial charge in [-0.1, -0.05) is 0 Å². The van der Waals surface area contributed by atoms with Gasteiger partial charge in [0.2, 0.25) is 34.8 Å². The monoisotopic (exact) mass is 230 g/mol. The zero-order chi connectivity index (χ0) is 11.7. The summed E-state index contributed by atoms with van der Waals surface area (Å²) < 4.78 is 77.1. The highest BCUT2D eigenvalue weighted by Crippen LogP contribution is 2.29. The third-order valence-corrected chi connectivity index (χ3v) is 1.35. The van der Waals surface area contributed by atoms with Gasteiger partial charge in [-0.05, 0) is 0 Å². The zero-order valence-electron chi connectivity index (χ0n) is 6.58. The predicted molar refractivity (Wildman–Crippen MR) is 33.4 cm³/mol. The lowest BCUT2D eigenvalue weighted by molar-refractivity contribution is 0.169. The van der Waals surface area contributed by atoms with Gasteiger partial charge < -0.3 is 4.74 Å². The molecule has 0 saturated heterocycles. The third kappa shape index (κ3) is 1.88. The number of benzene rings is 1. The van der Waals surface area contributed by atoms with Gasteiger partial charge in [-0.3, -0.25) is 0 Å². The van der Waals surface area contributed by atoms with Gasteiger partial charge in [-0.25, -0.2) is 18.0 Å². The van der Waals surface area contributed by atoms with Gasteiger partial charge in [0.05, 0.1) is 0 Å². The van der Waals surface area contributed by atoms with Crippen molar-refractivity contribution in [3.63, 3.8) is 0 Å². The minimum Gasteiger partial charge on any atom is -0.395 e. The molecule has 0 fully saturated rings. The van der Waals surface area contributed by atoms with Crippen molar-refractivity contribution in [1.82, 2.24) is 0 Å². The highest BCUT2D eigenvalue weighted by Gasteiger charge is 2.28. The van der Waals surface area contributed by atoms with E-state index in [4.69, 9.17) is 0 Å². The quantitative estimate of drug-likeness (QED) is 0.321. The molecule has 2 nitrogen and oxygen atoms in total. The first-order valence-electron chi connectivity index (χ1n) is 3.25. The van der Waals surface area contributed by atoms with Crippen molar-refractivity contribution in [2.45, 2.75) is 0 Å². The Kier molecular flexibility index (Phi) is 2.87. The molecule has 0 saturated carbocycles. The molecule has 15 heavy (non-hydrogen) atoms. The lowest BCUT2D eigenvalue weighted by Crippen LogP contribution is -2.08. The lowest BCUT2D eigenvalue weighted by Gasteiger charge is -2.05. The van der Waals surface area contributed by atoms with E-state index in [2.05, 4.69) is 4.74 Å². The molecule has 0 spiro atoms. The van der Waals surface area contributed by atoms with Crippen molar-refractivity contribution in [1.29, 1.82) is 0 Å². The van der Waals surface area contributed by atoms with Crippen LogP contribution in [0.4, 0.5) is 31.1 Å². The zero-order valence-corrected chi connectivity index (χ0v) is 6.58. The molecule has 0 aliphatic carbocycles. The normalized spacial score (nSPS) is 10.3. The molecule has 0 aromatic heterocycles. The maximum atomic E-state index is 12.6. The van der Waals surface area contributed by atoms with Gasteiger partial charge >= 0.3 is 6.22 Å². The number of hydrogen-bond donors (Lipinski definition) is 0. The fourth-order valence-corrected chi connectivity index (χ4v) is 0.755. The van der Waals surface area contributed by atoms with Crippen LogP contribution >= 0.6 is 0 Å². The maximum absolute atomic E-state index is 12.6. The summed E-state index contributed by atoms with van der Waals surface area (Å²) in [5.74, 6) is -13.9. The molecule has 0 bridgehead atoms. The highest BCUT2D eigenvalue weighted by molar-refractivity contribution is 5.62. The van der Waals surface area contributed by atoms with E-state index in [1.807, 2.05) is 0 Å². The van der Waals surface area contributed by atoms with Crippen LogP contribution in [0.15, 0.2) is 0 Å². The van der Waals surface area contributed by atoms with Crippen LogP contribution in [-0.2, 0) is 0 Å². The third-order valence-electron chi connectivity index (χ3n) is 1.35. The number of rotatable bonds is 1. The smallest absolute Gasteiger partial charge is 0.395 e. The summed E-state index contributed by atoms with van der Waals surface area (Å²) in [6.07, 6.45) is -2.70. The van der Waals surface area contributed by atoms with Crippen LogP contribution in [0.2, 0.25) is 0 Å². The fraction of sp³-hybridized carbons (Fsp3) is 0. The van der Waals surface area contributed by atoms with Crippen LogP contribution in [0.5, 0.6) is 5.75 Å². The van der Waals surface area contributed by atoms with E-state index in [9.17, 15) is 31.1 Å². The van der Waals surface area contributed by atoms with E-state index in [0.29, 0.717) is 0 Å². The molecule has 8 heteroatoms. The molecule has 0 aliphatic heterocycles. The van der Waals surface area contributed by atoms with Crippen LogP contribution < -0.4 is 4.74 Å². The first-order chi connectivity index (χ1) is 6.86. The second-order valence-electron chi connectivity index (χ2n) is 2.24. The van der Waals surface area contributed by atoms with Crippen molar-refractivity contribution in [3.05, 3.63) is 29.1 Å². The average Bonchev–Trinajstić information content (AvgIpc) is 2.18. The molecule has 1 aromatic carbocycles. The first kappa shape index (κ1) is 11.3. The Morgan fingerprint density at radius 3 is 1.47 bits per heavy atom. The Balaban J connectivity index is 3.45. The van der Waals surface area contributed by atoms with Crippen LogP contribution in [0.1, 0.15) is 0 Å². The molecule has 0 N–H and O–H groups in total. The molecule has 0 aliphatic rings. The molecule has 0 unspecified atom stereocenters. The number of carbonyl (C=O) groups excluding carboxylic acids is 1. The van der Waals surface area contributed by atoms with Crippen LogP contribution in [0, 0.1) is 29.1 Å². The topological polar surface area (TPSA) is 26.3 Å². The number of carbonyl (C=O) groups is 1. The van der Waals surface area contributed by atoms with Gasteiger partial charge in [-0.15, -0.1) is 4.39 Å². The van der Waals surface area contributed by atoms with Crippen LogP contribution in [0.3, 0.4) is 0 Å². The van der Waals surface area contributed by atoms with E-state index in [1.54, 1.807) is 0 Å². The Labute approximate surface area is 78.1 Å². The molecular weight excluding hydrogens is 230 g/mol. The van der Waals surface area contributed by atoms with Crippen molar-refractivity contribution in [2.24, 2.45) is 0 Å². The molecule has 0 radical (unpaired) electrons. The standard InChI is InChI=1S/C7F6O2/c8-1-2(9)4(11)6(15-7(13)14)5(12)3(1)10. The Bertz CT molecular complexity index is 401. The van der Waals surface area contributed by atoms with Gasteiger partial charge in [0, 0.05) is 0 Å². The molecule has 0 atom stereocenters. The summed E-state index contributed by atoms with van der Waals surface area (Å²) in [6.45, 7) is 0. The van der Waals surface area contributed by atoms with Gasteiger partial charge in [-0.2, -0.15) is 8.78 Å². The molecule has 0 amide bonds. The Morgan fingerprint density at radius 2 is 1.13 bits per heavy atom. The van der Waals surface area contributed by atoms with Gasteiger partial charge in [0.1, 0.15) is 0 Å². The van der Waals surface area contributed by atoms with E-state index < -0.39 is 41.1 Å². The van der Waals surface area contributed by atoms with Gasteiger partial charge in [0.25, 0.3) is 0 Å². The summed E-state index contributed by atoms with van der Waals surface area (Å²) in [5, 5.41) is 0. The first-order valence-corrected chi connectivity index (χ1v) is 3.25. The average molecular weight is 230 g/mol. The molecular formula is C7F6O2. The van der Waals surface area contributed by atoms with Crippen molar-refractivity contribution < 1.29 is 35.9 Å². The van der Waals surface area contributed by atoms with Crippen molar-refractivity contribution in [2.75, 3.05) is 0 Å². The number of ether oxygens (including phenoxy) is 1. The van der Waals surface area contributed by atoms with Crippen molar-refractivity contribution >= 4 is 6.22 Å².